The molecule has 0 atom stereocenters. The molecule has 6 heteroatoms. The van der Waals surface area contributed by atoms with E-state index < -0.39 is 17.7 Å². The molecule has 0 unspecified atom stereocenters. The summed E-state index contributed by atoms with van der Waals surface area (Å²) in [6, 6.07) is 3.92. The molecule has 1 amide bonds. The van der Waals surface area contributed by atoms with Gasteiger partial charge >= 0.3 is 5.97 Å². The number of aliphatic carboxylic acids is 1. The molecule has 1 aromatic carbocycles. The second kappa shape index (κ2) is 5.63. The highest BCUT2D eigenvalue weighted by Crippen LogP contribution is 2.20. The van der Waals surface area contributed by atoms with Crippen LogP contribution >= 0.6 is 11.6 Å². The number of hydrogen-bond donors (Lipinski definition) is 1. The summed E-state index contributed by atoms with van der Waals surface area (Å²) in [5.74, 6) is -2.19. The van der Waals surface area contributed by atoms with Crippen LogP contribution in [0.1, 0.15) is 16.8 Å². The zero-order valence-corrected chi connectivity index (χ0v) is 9.87. The highest BCUT2D eigenvalue weighted by molar-refractivity contribution is 6.33. The minimum atomic E-state index is -1.00. The predicted molar refractivity (Wildman–Crippen MR) is 60.6 cm³/mol. The third kappa shape index (κ3) is 3.42. The van der Waals surface area contributed by atoms with Crippen molar-refractivity contribution in [2.45, 2.75) is 6.42 Å². The van der Waals surface area contributed by atoms with Gasteiger partial charge in [0.1, 0.15) is 5.82 Å². The summed E-state index contributed by atoms with van der Waals surface area (Å²) in [4.78, 5) is 23.4. The van der Waals surface area contributed by atoms with Crippen molar-refractivity contribution in [1.82, 2.24) is 4.90 Å². The molecule has 17 heavy (non-hydrogen) atoms. The Morgan fingerprint density at radius 3 is 2.71 bits per heavy atom. The van der Waals surface area contributed by atoms with Gasteiger partial charge in [0.15, 0.2) is 0 Å². The molecule has 92 valence electrons. The maximum absolute atomic E-state index is 13.1. The van der Waals surface area contributed by atoms with Crippen LogP contribution < -0.4 is 0 Å². The van der Waals surface area contributed by atoms with Crippen molar-refractivity contribution in [2.75, 3.05) is 13.6 Å². The first-order valence-electron chi connectivity index (χ1n) is 4.84. The van der Waals surface area contributed by atoms with Crippen LogP contribution in [0.3, 0.4) is 0 Å². The molecule has 0 fully saturated rings. The Kier molecular flexibility index (Phi) is 4.45. The zero-order chi connectivity index (χ0) is 13.0. The SMILES string of the molecule is CN(CCC(=O)O)C(=O)c1cccc(F)c1Cl. The highest BCUT2D eigenvalue weighted by Gasteiger charge is 2.17. The molecule has 0 saturated carbocycles. The Bertz CT molecular complexity index is 450. The molecular formula is C11H11ClFNO3. The third-order valence-electron chi connectivity index (χ3n) is 2.19. The fraction of sp³-hybridized carbons (Fsp3) is 0.273. The topological polar surface area (TPSA) is 57.6 Å². The molecule has 1 aromatic rings. The first-order chi connectivity index (χ1) is 7.93. The van der Waals surface area contributed by atoms with Crippen LogP contribution in [0.4, 0.5) is 4.39 Å². The summed E-state index contributed by atoms with van der Waals surface area (Å²) in [7, 11) is 1.44. The number of halogens is 2. The van der Waals surface area contributed by atoms with E-state index in [-0.39, 0.29) is 23.6 Å². The monoisotopic (exact) mass is 259 g/mol. The Morgan fingerprint density at radius 1 is 1.47 bits per heavy atom. The summed E-state index contributed by atoms with van der Waals surface area (Å²) in [5.41, 5.74) is 0.0274. The third-order valence-corrected chi connectivity index (χ3v) is 2.57. The Balaban J connectivity index is 2.82. The van der Waals surface area contributed by atoms with Gasteiger partial charge in [-0.1, -0.05) is 17.7 Å². The van der Waals surface area contributed by atoms with Gasteiger partial charge in [-0.3, -0.25) is 9.59 Å². The maximum Gasteiger partial charge on any atom is 0.305 e. The quantitative estimate of drug-likeness (QED) is 0.900. The highest BCUT2D eigenvalue weighted by atomic mass is 35.5. The van der Waals surface area contributed by atoms with Gasteiger partial charge in [-0.2, -0.15) is 0 Å². The Hall–Kier alpha value is -1.62. The van der Waals surface area contributed by atoms with Gasteiger partial charge in [-0.05, 0) is 12.1 Å². The second-order valence-corrected chi connectivity index (χ2v) is 3.85. The average Bonchev–Trinajstić information content (AvgIpc) is 2.28. The van der Waals surface area contributed by atoms with E-state index in [1.807, 2.05) is 0 Å². The Labute approximate surface area is 103 Å². The van der Waals surface area contributed by atoms with Crippen molar-refractivity contribution in [3.05, 3.63) is 34.6 Å². The van der Waals surface area contributed by atoms with Crippen LogP contribution in [-0.2, 0) is 4.79 Å². The van der Waals surface area contributed by atoms with Crippen molar-refractivity contribution in [1.29, 1.82) is 0 Å². The van der Waals surface area contributed by atoms with Crippen LogP contribution in [0.15, 0.2) is 18.2 Å². The van der Waals surface area contributed by atoms with Gasteiger partial charge < -0.3 is 10.0 Å². The second-order valence-electron chi connectivity index (χ2n) is 3.47. The number of carbonyl (C=O) groups excluding carboxylic acids is 1. The molecule has 0 bridgehead atoms. The largest absolute Gasteiger partial charge is 0.481 e. The number of rotatable bonds is 4. The molecule has 4 nitrogen and oxygen atoms in total. The minimum absolute atomic E-state index is 0.0274. The van der Waals surface area contributed by atoms with Gasteiger partial charge in [0.2, 0.25) is 0 Å². The number of nitrogens with zero attached hydrogens (tertiary/aromatic N) is 1. The fourth-order valence-corrected chi connectivity index (χ4v) is 1.45. The van der Waals surface area contributed by atoms with Crippen LogP contribution in [0, 0.1) is 5.82 Å². The summed E-state index contributed by atoms with van der Waals surface area (Å²) in [5, 5.41) is 8.24. The van der Waals surface area contributed by atoms with Gasteiger partial charge in [0.05, 0.1) is 17.0 Å². The number of carbonyl (C=O) groups is 2. The normalized spacial score (nSPS) is 10.1. The van der Waals surface area contributed by atoms with Crippen LogP contribution in [-0.4, -0.2) is 35.5 Å². The van der Waals surface area contributed by atoms with Crippen molar-refractivity contribution in [2.24, 2.45) is 0 Å². The molecule has 0 heterocycles. The van der Waals surface area contributed by atoms with E-state index in [1.165, 1.54) is 24.1 Å². The lowest BCUT2D eigenvalue weighted by atomic mass is 10.2. The number of carboxylic acid groups (broad SMARTS) is 1. The molecule has 0 saturated heterocycles. The molecule has 0 aliphatic rings. The molecule has 0 radical (unpaired) electrons. The first kappa shape index (κ1) is 13.4. The minimum Gasteiger partial charge on any atom is -0.481 e. The molecule has 0 aliphatic carbocycles. The average molecular weight is 260 g/mol. The summed E-state index contributed by atoms with van der Waals surface area (Å²) in [6.45, 7) is 0.0427. The molecular weight excluding hydrogens is 249 g/mol. The van der Waals surface area contributed by atoms with Gasteiger partial charge in [0.25, 0.3) is 5.91 Å². The number of amides is 1. The van der Waals surface area contributed by atoms with E-state index in [0.29, 0.717) is 0 Å². The van der Waals surface area contributed by atoms with Gasteiger partial charge in [0, 0.05) is 13.6 Å². The van der Waals surface area contributed by atoms with Gasteiger partial charge in [-0.25, -0.2) is 4.39 Å². The van der Waals surface area contributed by atoms with Crippen LogP contribution in [0.2, 0.25) is 5.02 Å². The molecule has 1 N–H and O–H groups in total. The van der Waals surface area contributed by atoms with Crippen LogP contribution in [0.5, 0.6) is 0 Å². The van der Waals surface area contributed by atoms with E-state index in [9.17, 15) is 14.0 Å². The lowest BCUT2D eigenvalue weighted by Crippen LogP contribution is -2.29. The molecule has 0 aliphatic heterocycles. The zero-order valence-electron chi connectivity index (χ0n) is 9.11. The van der Waals surface area contributed by atoms with E-state index in [2.05, 4.69) is 0 Å². The van der Waals surface area contributed by atoms with Crippen molar-refractivity contribution in [3.63, 3.8) is 0 Å². The smallest absolute Gasteiger partial charge is 0.305 e. The summed E-state index contributed by atoms with van der Waals surface area (Å²) in [6.07, 6.45) is -0.171. The van der Waals surface area contributed by atoms with Crippen molar-refractivity contribution in [3.8, 4) is 0 Å². The molecule has 1 rings (SSSR count). The van der Waals surface area contributed by atoms with Crippen LogP contribution in [0.25, 0.3) is 0 Å². The standard InChI is InChI=1S/C11H11ClFNO3/c1-14(6-5-9(15)16)11(17)7-3-2-4-8(13)10(7)12/h2-4H,5-6H2,1H3,(H,15,16). The van der Waals surface area contributed by atoms with E-state index in [1.54, 1.807) is 0 Å². The summed E-state index contributed by atoms with van der Waals surface area (Å²) >= 11 is 5.66. The van der Waals surface area contributed by atoms with E-state index >= 15 is 0 Å². The van der Waals surface area contributed by atoms with Gasteiger partial charge in [-0.15, -0.1) is 0 Å². The number of hydrogen-bond acceptors (Lipinski definition) is 2. The molecule has 0 aromatic heterocycles. The van der Waals surface area contributed by atoms with E-state index in [4.69, 9.17) is 16.7 Å². The predicted octanol–water partition coefficient (Wildman–Crippen LogP) is 2.03. The lowest BCUT2D eigenvalue weighted by Gasteiger charge is -2.16. The lowest BCUT2D eigenvalue weighted by molar-refractivity contribution is -0.137. The summed E-state index contributed by atoms with van der Waals surface area (Å²) < 4.78 is 13.1. The van der Waals surface area contributed by atoms with E-state index in [0.717, 1.165) is 6.07 Å². The number of benzene rings is 1. The van der Waals surface area contributed by atoms with Crippen molar-refractivity contribution >= 4 is 23.5 Å². The Morgan fingerprint density at radius 2 is 2.12 bits per heavy atom. The number of carboxylic acids is 1. The first-order valence-corrected chi connectivity index (χ1v) is 5.22. The fourth-order valence-electron chi connectivity index (χ4n) is 1.24. The maximum atomic E-state index is 13.1. The van der Waals surface area contributed by atoms with Crippen molar-refractivity contribution < 1.29 is 19.1 Å². The molecule has 0 spiro atoms.